The predicted octanol–water partition coefficient (Wildman–Crippen LogP) is 2.66. The van der Waals surface area contributed by atoms with Crippen molar-refractivity contribution in [1.82, 2.24) is 14.3 Å². The van der Waals surface area contributed by atoms with Gasteiger partial charge in [-0.3, -0.25) is 4.57 Å². The molecular formula is C17H17F4N3O4. The summed E-state index contributed by atoms with van der Waals surface area (Å²) in [6.45, 7) is -1.58. The lowest BCUT2D eigenvalue weighted by Gasteiger charge is -2.23. The Hall–Kier alpha value is -2.85. The minimum atomic E-state index is -3.23. The van der Waals surface area contributed by atoms with Gasteiger partial charge in [0.15, 0.2) is 6.10 Å². The number of carbonyl (C=O) groups is 1. The van der Waals surface area contributed by atoms with E-state index < -0.39 is 53.7 Å². The van der Waals surface area contributed by atoms with Gasteiger partial charge in [-0.1, -0.05) is 6.42 Å². The van der Waals surface area contributed by atoms with Gasteiger partial charge in [0.2, 0.25) is 0 Å². The van der Waals surface area contributed by atoms with Crippen molar-refractivity contribution in [2.24, 2.45) is 7.05 Å². The van der Waals surface area contributed by atoms with Gasteiger partial charge in [0.05, 0.1) is 0 Å². The molecule has 0 unspecified atom stereocenters. The molecule has 1 N–H and O–H groups in total. The first-order chi connectivity index (χ1) is 13.2. The molecule has 0 radical (unpaired) electrons. The summed E-state index contributed by atoms with van der Waals surface area (Å²) < 4.78 is 59.7. The molecule has 1 aromatic carbocycles. The Morgan fingerprint density at radius 3 is 2.57 bits per heavy atom. The topological polar surface area (TPSA) is 86.3 Å². The highest BCUT2D eigenvalue weighted by atomic mass is 19.3. The third-order valence-corrected chi connectivity index (χ3v) is 4.70. The van der Waals surface area contributed by atoms with Gasteiger partial charge < -0.3 is 9.84 Å². The average molecular weight is 403 g/mol. The quantitative estimate of drug-likeness (QED) is 0.719. The second-order valence-electron chi connectivity index (χ2n) is 6.49. The van der Waals surface area contributed by atoms with Gasteiger partial charge >= 0.3 is 11.7 Å². The summed E-state index contributed by atoms with van der Waals surface area (Å²) in [7, 11) is 1.47. The zero-order valence-electron chi connectivity index (χ0n) is 14.7. The molecule has 28 heavy (non-hydrogen) atoms. The number of halogens is 4. The van der Waals surface area contributed by atoms with Crippen LogP contribution in [-0.2, 0) is 7.05 Å². The van der Waals surface area contributed by atoms with Crippen LogP contribution in [-0.4, -0.2) is 44.6 Å². The van der Waals surface area contributed by atoms with Crippen LogP contribution in [0.25, 0.3) is 5.69 Å². The van der Waals surface area contributed by atoms with Gasteiger partial charge in [0, 0.05) is 19.0 Å². The molecular weight excluding hydrogens is 386 g/mol. The smallest absolute Gasteiger partial charge is 0.350 e. The van der Waals surface area contributed by atoms with Gasteiger partial charge in [-0.2, -0.15) is 4.68 Å². The van der Waals surface area contributed by atoms with E-state index in [0.717, 1.165) is 25.3 Å². The Bertz CT molecular complexity index is 953. The molecule has 1 aliphatic rings. The maximum Gasteiger partial charge on any atom is 0.350 e. The molecule has 0 saturated heterocycles. The zero-order valence-corrected chi connectivity index (χ0v) is 14.7. The fourth-order valence-corrected chi connectivity index (χ4v) is 2.91. The lowest BCUT2D eigenvalue weighted by atomic mass is 9.85. The summed E-state index contributed by atoms with van der Waals surface area (Å²) in [6.07, 6.45) is -2.84. The number of alkyl halides is 3. The summed E-state index contributed by atoms with van der Waals surface area (Å²) >= 11 is 0. The standard InChI is InChI=1S/C17H17F4N3O4/c1-23-15(8-3-2-4-8)22-24(17(23)27)11-6-12(28-13(7-18)14(20)21)9(16(25)26)5-10(11)19/h5-6,8,13-14H,2-4,7H2,1H3,(H,25,26)/t13-/m0/s1. The molecule has 1 atom stereocenters. The molecule has 0 bridgehead atoms. The van der Waals surface area contributed by atoms with E-state index in [1.54, 1.807) is 0 Å². The highest BCUT2D eigenvalue weighted by Crippen LogP contribution is 2.35. The number of benzene rings is 1. The lowest BCUT2D eigenvalue weighted by Crippen LogP contribution is -2.29. The predicted molar refractivity (Wildman–Crippen MR) is 88.7 cm³/mol. The third-order valence-electron chi connectivity index (χ3n) is 4.70. The number of carboxylic acid groups (broad SMARTS) is 1. The summed E-state index contributed by atoms with van der Waals surface area (Å²) in [5, 5.41) is 13.3. The van der Waals surface area contributed by atoms with E-state index in [1.807, 2.05) is 0 Å². The number of carboxylic acids is 1. The minimum Gasteiger partial charge on any atom is -0.481 e. The maximum absolute atomic E-state index is 14.5. The van der Waals surface area contributed by atoms with Crippen molar-refractivity contribution >= 4 is 5.97 Å². The van der Waals surface area contributed by atoms with Gasteiger partial charge in [0.25, 0.3) is 6.43 Å². The average Bonchev–Trinajstić information content (AvgIpc) is 2.87. The van der Waals surface area contributed by atoms with Gasteiger partial charge in [-0.25, -0.2) is 27.2 Å². The highest BCUT2D eigenvalue weighted by Gasteiger charge is 2.29. The maximum atomic E-state index is 14.5. The molecule has 1 heterocycles. The van der Waals surface area contributed by atoms with E-state index >= 15 is 0 Å². The van der Waals surface area contributed by atoms with Crippen molar-refractivity contribution in [3.05, 3.63) is 39.8 Å². The molecule has 152 valence electrons. The van der Waals surface area contributed by atoms with Gasteiger partial charge in [-0.05, 0) is 18.9 Å². The Kier molecular flexibility index (Phi) is 5.43. The minimum absolute atomic E-state index is 0.0470. The van der Waals surface area contributed by atoms with Crippen molar-refractivity contribution in [2.45, 2.75) is 37.7 Å². The van der Waals surface area contributed by atoms with Crippen molar-refractivity contribution < 1.29 is 32.2 Å². The number of hydrogen-bond acceptors (Lipinski definition) is 4. The summed E-state index contributed by atoms with van der Waals surface area (Å²) in [4.78, 5) is 23.8. The molecule has 1 aromatic heterocycles. The van der Waals surface area contributed by atoms with Crippen molar-refractivity contribution in [3.8, 4) is 11.4 Å². The van der Waals surface area contributed by atoms with Crippen molar-refractivity contribution in [2.75, 3.05) is 6.67 Å². The number of aromatic nitrogens is 3. The second-order valence-corrected chi connectivity index (χ2v) is 6.49. The number of rotatable bonds is 7. The molecule has 7 nitrogen and oxygen atoms in total. The van der Waals surface area contributed by atoms with Crippen LogP contribution < -0.4 is 10.4 Å². The van der Waals surface area contributed by atoms with E-state index in [9.17, 15) is 32.3 Å². The zero-order chi connectivity index (χ0) is 20.6. The van der Waals surface area contributed by atoms with Crippen LogP contribution in [0.3, 0.4) is 0 Å². The highest BCUT2D eigenvalue weighted by molar-refractivity contribution is 5.91. The van der Waals surface area contributed by atoms with Crippen LogP contribution in [0.2, 0.25) is 0 Å². The summed E-state index contributed by atoms with van der Waals surface area (Å²) in [6, 6.07) is 1.29. The summed E-state index contributed by atoms with van der Waals surface area (Å²) in [5.74, 6) is -2.97. The summed E-state index contributed by atoms with van der Waals surface area (Å²) in [5.41, 5.74) is -1.94. The molecule has 0 aliphatic heterocycles. The van der Waals surface area contributed by atoms with Gasteiger partial charge in [-0.15, -0.1) is 5.10 Å². The molecule has 3 rings (SSSR count). The first kappa shape index (κ1) is 19.9. The fraction of sp³-hybridized carbons (Fsp3) is 0.471. The van der Waals surface area contributed by atoms with Crippen LogP contribution in [0.5, 0.6) is 5.75 Å². The van der Waals surface area contributed by atoms with E-state index in [0.29, 0.717) is 16.6 Å². The van der Waals surface area contributed by atoms with Crippen LogP contribution in [0, 0.1) is 5.82 Å². The van der Waals surface area contributed by atoms with E-state index in [1.165, 1.54) is 11.6 Å². The van der Waals surface area contributed by atoms with Gasteiger partial charge in [0.1, 0.15) is 35.3 Å². The number of hydrogen-bond donors (Lipinski definition) is 1. The van der Waals surface area contributed by atoms with E-state index in [2.05, 4.69) is 5.10 Å². The second kappa shape index (κ2) is 7.64. The normalized spacial score (nSPS) is 15.5. The first-order valence-corrected chi connectivity index (χ1v) is 8.48. The largest absolute Gasteiger partial charge is 0.481 e. The van der Waals surface area contributed by atoms with E-state index in [-0.39, 0.29) is 5.92 Å². The third kappa shape index (κ3) is 3.48. The molecule has 0 spiro atoms. The Morgan fingerprint density at radius 2 is 2.07 bits per heavy atom. The Balaban J connectivity index is 2.10. The van der Waals surface area contributed by atoms with Crippen LogP contribution in [0.1, 0.15) is 41.4 Å². The monoisotopic (exact) mass is 403 g/mol. The molecule has 11 heteroatoms. The first-order valence-electron chi connectivity index (χ1n) is 8.48. The molecule has 1 aliphatic carbocycles. The molecule has 1 fully saturated rings. The number of ether oxygens (including phenoxy) is 1. The number of nitrogens with zero attached hydrogens (tertiary/aromatic N) is 3. The Morgan fingerprint density at radius 1 is 1.39 bits per heavy atom. The molecule has 1 saturated carbocycles. The van der Waals surface area contributed by atoms with Crippen LogP contribution in [0.4, 0.5) is 17.6 Å². The van der Waals surface area contributed by atoms with Crippen LogP contribution in [0.15, 0.2) is 16.9 Å². The van der Waals surface area contributed by atoms with Crippen molar-refractivity contribution in [1.29, 1.82) is 0 Å². The van der Waals surface area contributed by atoms with Crippen LogP contribution >= 0.6 is 0 Å². The lowest BCUT2D eigenvalue weighted by molar-refractivity contribution is -0.00198. The van der Waals surface area contributed by atoms with Crippen molar-refractivity contribution in [3.63, 3.8) is 0 Å². The fourth-order valence-electron chi connectivity index (χ4n) is 2.91. The molecule has 0 amide bonds. The molecule has 2 aromatic rings. The van der Waals surface area contributed by atoms with E-state index in [4.69, 9.17) is 4.74 Å². The Labute approximate surface area is 156 Å². The number of aromatic carboxylic acids is 1. The SMILES string of the molecule is Cn1c(C2CCC2)nn(-c2cc(O[C@@H](CF)C(F)F)c(C(=O)O)cc2F)c1=O.